The van der Waals surface area contributed by atoms with E-state index in [9.17, 15) is 14.9 Å². The van der Waals surface area contributed by atoms with Gasteiger partial charge in [-0.2, -0.15) is 0 Å². The van der Waals surface area contributed by atoms with E-state index < -0.39 is 4.92 Å². The third-order valence-corrected chi connectivity index (χ3v) is 3.33. The number of rotatable bonds is 5. The van der Waals surface area contributed by atoms with Gasteiger partial charge in [0, 0.05) is 23.6 Å². The maximum absolute atomic E-state index is 12.0. The van der Waals surface area contributed by atoms with Crippen molar-refractivity contribution in [1.29, 1.82) is 0 Å². The topological polar surface area (TPSA) is 60.2 Å². The smallest absolute Gasteiger partial charge is 0.272 e. The molecule has 0 aliphatic carbocycles. The number of hydrogen-bond acceptors (Lipinski definition) is 3. The van der Waals surface area contributed by atoms with Crippen molar-refractivity contribution in [3.63, 3.8) is 0 Å². The molecule has 4 nitrogen and oxygen atoms in total. The van der Waals surface area contributed by atoms with Crippen molar-refractivity contribution < 1.29 is 9.72 Å². The zero-order valence-corrected chi connectivity index (χ0v) is 11.2. The van der Waals surface area contributed by atoms with Crippen LogP contribution in [0.4, 0.5) is 5.69 Å². The van der Waals surface area contributed by atoms with Crippen LogP contribution in [0.15, 0.2) is 48.5 Å². The minimum atomic E-state index is -0.391. The zero-order chi connectivity index (χ0) is 14.5. The summed E-state index contributed by atoms with van der Waals surface area (Å²) in [5.74, 6) is 0.0523. The van der Waals surface area contributed by atoms with E-state index in [2.05, 4.69) is 0 Å². The Balaban J connectivity index is 2.10. The van der Waals surface area contributed by atoms with E-state index in [0.29, 0.717) is 24.0 Å². The minimum absolute atomic E-state index is 0.0523. The number of aryl methyl sites for hydroxylation is 1. The summed E-state index contributed by atoms with van der Waals surface area (Å²) in [5, 5.41) is 10.9. The van der Waals surface area contributed by atoms with E-state index in [-0.39, 0.29) is 11.5 Å². The van der Waals surface area contributed by atoms with Gasteiger partial charge in [0.15, 0.2) is 5.78 Å². The number of benzene rings is 2. The first-order valence-electron chi connectivity index (χ1n) is 6.40. The summed E-state index contributed by atoms with van der Waals surface area (Å²) in [6, 6.07) is 14.1. The first-order valence-corrected chi connectivity index (χ1v) is 6.40. The van der Waals surface area contributed by atoms with E-state index in [1.807, 2.05) is 24.3 Å². The van der Waals surface area contributed by atoms with Gasteiger partial charge in [-0.1, -0.05) is 42.5 Å². The van der Waals surface area contributed by atoms with E-state index in [4.69, 9.17) is 0 Å². The third kappa shape index (κ3) is 3.09. The molecule has 0 heterocycles. The molecule has 0 saturated heterocycles. The fourth-order valence-electron chi connectivity index (χ4n) is 2.16. The number of Topliss-reactive ketones (excluding diaryl/α,β-unsaturated/α-hetero) is 1. The summed E-state index contributed by atoms with van der Waals surface area (Å²) in [6.07, 6.45) is 0.868. The second-order valence-corrected chi connectivity index (χ2v) is 4.61. The molecular formula is C16H15NO3. The quantitative estimate of drug-likeness (QED) is 0.472. The molecule has 0 aliphatic rings. The van der Waals surface area contributed by atoms with Crippen molar-refractivity contribution in [2.45, 2.75) is 19.8 Å². The highest BCUT2D eigenvalue weighted by Gasteiger charge is 2.14. The Hall–Kier alpha value is -2.49. The van der Waals surface area contributed by atoms with Gasteiger partial charge >= 0.3 is 0 Å². The lowest BCUT2D eigenvalue weighted by Gasteiger charge is -2.06. The maximum atomic E-state index is 12.0. The van der Waals surface area contributed by atoms with Gasteiger partial charge in [0.2, 0.25) is 0 Å². The van der Waals surface area contributed by atoms with Gasteiger partial charge in [0.1, 0.15) is 0 Å². The van der Waals surface area contributed by atoms with Crippen LogP contribution in [0.2, 0.25) is 0 Å². The molecule has 0 bridgehead atoms. The van der Waals surface area contributed by atoms with Crippen molar-refractivity contribution in [2.24, 2.45) is 0 Å². The largest absolute Gasteiger partial charge is 0.294 e. The average molecular weight is 269 g/mol. The van der Waals surface area contributed by atoms with Crippen molar-refractivity contribution in [2.75, 3.05) is 0 Å². The van der Waals surface area contributed by atoms with Gasteiger partial charge < -0.3 is 0 Å². The number of ketones is 1. The van der Waals surface area contributed by atoms with Crippen LogP contribution in [0.25, 0.3) is 0 Å². The highest BCUT2D eigenvalue weighted by molar-refractivity contribution is 5.96. The van der Waals surface area contributed by atoms with Crippen LogP contribution in [0, 0.1) is 17.0 Å². The average Bonchev–Trinajstić information content (AvgIpc) is 2.46. The van der Waals surface area contributed by atoms with Crippen molar-refractivity contribution in [3.8, 4) is 0 Å². The lowest BCUT2D eigenvalue weighted by molar-refractivity contribution is -0.385. The van der Waals surface area contributed by atoms with Crippen molar-refractivity contribution >= 4 is 11.5 Å². The third-order valence-electron chi connectivity index (χ3n) is 3.33. The zero-order valence-electron chi connectivity index (χ0n) is 11.2. The number of hydrogen-bond donors (Lipinski definition) is 0. The van der Waals surface area contributed by atoms with E-state index in [1.54, 1.807) is 25.1 Å². The first-order chi connectivity index (χ1) is 9.59. The predicted molar refractivity (Wildman–Crippen MR) is 76.9 cm³/mol. The molecule has 2 aromatic rings. The molecule has 0 spiro atoms. The Morgan fingerprint density at radius 2 is 1.80 bits per heavy atom. The number of carbonyl (C=O) groups is 1. The Bertz CT molecular complexity index is 635. The summed E-state index contributed by atoms with van der Waals surface area (Å²) >= 11 is 0. The van der Waals surface area contributed by atoms with E-state index >= 15 is 0 Å². The van der Waals surface area contributed by atoms with Crippen molar-refractivity contribution in [3.05, 3.63) is 75.3 Å². The molecular weight excluding hydrogens is 254 g/mol. The molecule has 0 N–H and O–H groups in total. The lowest BCUT2D eigenvalue weighted by atomic mass is 9.99. The van der Waals surface area contributed by atoms with Crippen LogP contribution in [-0.2, 0) is 6.42 Å². The highest BCUT2D eigenvalue weighted by atomic mass is 16.6. The Morgan fingerprint density at radius 1 is 1.10 bits per heavy atom. The second kappa shape index (κ2) is 6.10. The maximum Gasteiger partial charge on any atom is 0.272 e. The number of nitrogens with zero attached hydrogens (tertiary/aromatic N) is 1. The van der Waals surface area contributed by atoms with Crippen LogP contribution in [0.1, 0.15) is 27.9 Å². The molecule has 0 unspecified atom stereocenters. The van der Waals surface area contributed by atoms with Crippen LogP contribution < -0.4 is 0 Å². The summed E-state index contributed by atoms with van der Waals surface area (Å²) in [7, 11) is 0. The highest BCUT2D eigenvalue weighted by Crippen LogP contribution is 2.22. The number of carbonyl (C=O) groups excluding carboxylic acids is 1. The monoisotopic (exact) mass is 269 g/mol. The molecule has 0 aromatic heterocycles. The first kappa shape index (κ1) is 13.9. The molecule has 0 atom stereocenters. The van der Waals surface area contributed by atoms with E-state index in [1.165, 1.54) is 6.07 Å². The van der Waals surface area contributed by atoms with Gasteiger partial charge in [0.25, 0.3) is 5.69 Å². The molecule has 4 heteroatoms. The Morgan fingerprint density at radius 3 is 2.45 bits per heavy atom. The van der Waals surface area contributed by atoms with Gasteiger partial charge in [-0.3, -0.25) is 14.9 Å². The van der Waals surface area contributed by atoms with Gasteiger partial charge in [-0.15, -0.1) is 0 Å². The molecule has 0 fully saturated rings. The number of nitro benzene ring substituents is 1. The molecule has 20 heavy (non-hydrogen) atoms. The molecule has 0 radical (unpaired) electrons. The summed E-state index contributed by atoms with van der Waals surface area (Å²) in [4.78, 5) is 22.5. The van der Waals surface area contributed by atoms with E-state index in [0.717, 1.165) is 5.56 Å². The minimum Gasteiger partial charge on any atom is -0.294 e. The summed E-state index contributed by atoms with van der Waals surface area (Å²) in [5.41, 5.74) is 2.27. The van der Waals surface area contributed by atoms with Gasteiger partial charge in [-0.25, -0.2) is 0 Å². The normalized spacial score (nSPS) is 10.2. The molecule has 102 valence electrons. The van der Waals surface area contributed by atoms with Crippen LogP contribution in [-0.4, -0.2) is 10.7 Å². The predicted octanol–water partition coefficient (Wildman–Crippen LogP) is 3.72. The summed E-state index contributed by atoms with van der Waals surface area (Å²) < 4.78 is 0. The molecule has 2 aromatic carbocycles. The van der Waals surface area contributed by atoms with Crippen LogP contribution >= 0.6 is 0 Å². The Labute approximate surface area is 117 Å². The Kier molecular flexibility index (Phi) is 4.25. The van der Waals surface area contributed by atoms with Gasteiger partial charge in [-0.05, 0) is 18.9 Å². The standard InChI is InChI=1S/C16H15NO3/c1-12-13(8-5-9-15(12)17(19)20)10-11-16(18)14-6-3-2-4-7-14/h2-9H,10-11H2,1H3. The van der Waals surface area contributed by atoms with Gasteiger partial charge in [0.05, 0.1) is 4.92 Å². The number of nitro groups is 1. The SMILES string of the molecule is Cc1c(CCC(=O)c2ccccc2)cccc1[N+](=O)[O-]. The molecule has 2 rings (SSSR count). The molecule has 0 aliphatic heterocycles. The molecule has 0 amide bonds. The summed E-state index contributed by atoms with van der Waals surface area (Å²) in [6.45, 7) is 1.72. The fourth-order valence-corrected chi connectivity index (χ4v) is 2.16. The second-order valence-electron chi connectivity index (χ2n) is 4.61. The van der Waals surface area contributed by atoms with Crippen molar-refractivity contribution in [1.82, 2.24) is 0 Å². The van der Waals surface area contributed by atoms with Crippen LogP contribution in [0.5, 0.6) is 0 Å². The van der Waals surface area contributed by atoms with Crippen LogP contribution in [0.3, 0.4) is 0 Å². The lowest BCUT2D eigenvalue weighted by Crippen LogP contribution is -2.03. The molecule has 0 saturated carbocycles. The fraction of sp³-hybridized carbons (Fsp3) is 0.188.